The first-order valence-corrected chi connectivity index (χ1v) is 7.24. The van der Waals surface area contributed by atoms with E-state index in [9.17, 15) is 0 Å². The van der Waals surface area contributed by atoms with Crippen LogP contribution in [0.2, 0.25) is 0 Å². The average molecular weight is 257 g/mol. The largest absolute Gasteiger partial charge is 0.395 e. The third-order valence-corrected chi connectivity index (χ3v) is 3.93. The number of aliphatic hydroxyl groups excluding tert-OH is 1. The molecule has 2 aliphatic heterocycles. The molecule has 0 aromatic heterocycles. The highest BCUT2D eigenvalue weighted by Crippen LogP contribution is 2.04. The van der Waals surface area contributed by atoms with E-state index in [4.69, 9.17) is 9.84 Å². The molecule has 0 radical (unpaired) electrons. The summed E-state index contributed by atoms with van der Waals surface area (Å²) in [4.78, 5) is 7.43. The maximum absolute atomic E-state index is 8.98. The zero-order valence-corrected chi connectivity index (χ0v) is 11.4. The number of morpholine rings is 1. The molecule has 5 nitrogen and oxygen atoms in total. The predicted molar refractivity (Wildman–Crippen MR) is 71.8 cm³/mol. The molecule has 2 heterocycles. The van der Waals surface area contributed by atoms with Crippen molar-refractivity contribution in [3.63, 3.8) is 0 Å². The van der Waals surface area contributed by atoms with Crippen molar-refractivity contribution in [2.75, 3.05) is 78.7 Å². The lowest BCUT2D eigenvalue weighted by Crippen LogP contribution is -2.42. The van der Waals surface area contributed by atoms with E-state index in [1.54, 1.807) is 0 Å². The SMILES string of the molecule is OCCN1CCCN(CCN2CCOCC2)CC1. The number of hydrogen-bond acceptors (Lipinski definition) is 5. The normalized spacial score (nSPS) is 25.2. The molecule has 0 saturated carbocycles. The summed E-state index contributed by atoms with van der Waals surface area (Å²) in [6.45, 7) is 12.0. The molecule has 0 aromatic rings. The molecule has 0 atom stereocenters. The van der Waals surface area contributed by atoms with E-state index >= 15 is 0 Å². The molecule has 0 aromatic carbocycles. The van der Waals surface area contributed by atoms with Gasteiger partial charge >= 0.3 is 0 Å². The number of aliphatic hydroxyl groups is 1. The first-order valence-electron chi connectivity index (χ1n) is 7.24. The summed E-state index contributed by atoms with van der Waals surface area (Å²) in [6.07, 6.45) is 1.23. The Balaban J connectivity index is 1.63. The first kappa shape index (κ1) is 14.2. The number of hydrogen-bond donors (Lipinski definition) is 1. The van der Waals surface area contributed by atoms with Gasteiger partial charge in [-0.1, -0.05) is 0 Å². The van der Waals surface area contributed by atoms with Crippen LogP contribution in [0.15, 0.2) is 0 Å². The molecule has 2 aliphatic rings. The Bertz CT molecular complexity index is 222. The average Bonchev–Trinajstić information content (AvgIpc) is 2.64. The van der Waals surface area contributed by atoms with Crippen LogP contribution in [-0.2, 0) is 4.74 Å². The summed E-state index contributed by atoms with van der Waals surface area (Å²) in [5.41, 5.74) is 0. The molecule has 18 heavy (non-hydrogen) atoms. The molecule has 106 valence electrons. The number of β-amino-alcohol motifs (C(OH)–C–C–N with tert-alkyl or cyclic N) is 1. The summed E-state index contributed by atoms with van der Waals surface area (Å²) >= 11 is 0. The maximum atomic E-state index is 8.98. The van der Waals surface area contributed by atoms with Gasteiger partial charge in [-0.3, -0.25) is 9.80 Å². The van der Waals surface area contributed by atoms with Gasteiger partial charge in [-0.05, 0) is 19.5 Å². The number of nitrogens with zero attached hydrogens (tertiary/aromatic N) is 3. The van der Waals surface area contributed by atoms with Crippen LogP contribution < -0.4 is 0 Å². The van der Waals surface area contributed by atoms with Crippen molar-refractivity contribution in [3.05, 3.63) is 0 Å². The molecule has 2 fully saturated rings. The topological polar surface area (TPSA) is 39.2 Å². The van der Waals surface area contributed by atoms with E-state index in [0.717, 1.165) is 52.5 Å². The third kappa shape index (κ3) is 4.82. The van der Waals surface area contributed by atoms with Crippen molar-refractivity contribution < 1.29 is 9.84 Å². The zero-order valence-electron chi connectivity index (χ0n) is 11.4. The van der Waals surface area contributed by atoms with Crippen LogP contribution in [0, 0.1) is 0 Å². The lowest BCUT2D eigenvalue weighted by atomic mass is 10.3. The molecule has 0 amide bonds. The Labute approximate surface area is 110 Å². The molecule has 0 bridgehead atoms. The molecule has 0 aliphatic carbocycles. The van der Waals surface area contributed by atoms with Gasteiger partial charge in [0.15, 0.2) is 0 Å². The number of rotatable bonds is 5. The van der Waals surface area contributed by atoms with Crippen molar-refractivity contribution in [2.24, 2.45) is 0 Å². The first-order chi connectivity index (χ1) is 8.88. The summed E-state index contributed by atoms with van der Waals surface area (Å²) in [5, 5.41) is 8.98. The minimum atomic E-state index is 0.285. The zero-order chi connectivity index (χ0) is 12.6. The molecule has 1 N–H and O–H groups in total. The van der Waals surface area contributed by atoms with Crippen LogP contribution in [0.25, 0.3) is 0 Å². The van der Waals surface area contributed by atoms with Crippen LogP contribution in [0.4, 0.5) is 0 Å². The smallest absolute Gasteiger partial charge is 0.0594 e. The van der Waals surface area contributed by atoms with Crippen molar-refractivity contribution in [3.8, 4) is 0 Å². The molecular weight excluding hydrogens is 230 g/mol. The fraction of sp³-hybridized carbons (Fsp3) is 1.00. The van der Waals surface area contributed by atoms with Crippen molar-refractivity contribution in [2.45, 2.75) is 6.42 Å². The highest BCUT2D eigenvalue weighted by molar-refractivity contribution is 4.71. The molecule has 0 unspecified atom stereocenters. The van der Waals surface area contributed by atoms with Gasteiger partial charge in [0.05, 0.1) is 19.8 Å². The fourth-order valence-corrected chi connectivity index (χ4v) is 2.72. The van der Waals surface area contributed by atoms with Gasteiger partial charge in [0, 0.05) is 45.8 Å². The van der Waals surface area contributed by atoms with E-state index in [1.807, 2.05) is 0 Å². The predicted octanol–water partition coefficient (Wildman–Crippen LogP) is -0.681. The highest BCUT2D eigenvalue weighted by Gasteiger charge is 2.16. The molecule has 2 rings (SSSR count). The Morgan fingerprint density at radius 1 is 0.722 bits per heavy atom. The minimum Gasteiger partial charge on any atom is -0.395 e. The number of ether oxygens (including phenoxy) is 1. The van der Waals surface area contributed by atoms with Gasteiger partial charge in [0.1, 0.15) is 0 Å². The quantitative estimate of drug-likeness (QED) is 0.706. The van der Waals surface area contributed by atoms with Gasteiger partial charge in [0.25, 0.3) is 0 Å². The van der Waals surface area contributed by atoms with Gasteiger partial charge in [-0.25, -0.2) is 0 Å². The van der Waals surface area contributed by atoms with Crippen molar-refractivity contribution >= 4 is 0 Å². The van der Waals surface area contributed by atoms with Crippen LogP contribution in [0.5, 0.6) is 0 Å². The standard InChI is InChI=1S/C13H27N3O2/c17-11-8-15-3-1-2-14(4-6-15)5-7-16-9-12-18-13-10-16/h17H,1-13H2. The summed E-state index contributed by atoms with van der Waals surface area (Å²) in [5.74, 6) is 0. The van der Waals surface area contributed by atoms with E-state index in [2.05, 4.69) is 14.7 Å². The fourth-order valence-electron chi connectivity index (χ4n) is 2.72. The Morgan fingerprint density at radius 2 is 1.28 bits per heavy atom. The third-order valence-electron chi connectivity index (χ3n) is 3.93. The van der Waals surface area contributed by atoms with E-state index in [0.29, 0.717) is 0 Å². The maximum Gasteiger partial charge on any atom is 0.0594 e. The summed E-state index contributed by atoms with van der Waals surface area (Å²) in [7, 11) is 0. The van der Waals surface area contributed by atoms with Crippen molar-refractivity contribution in [1.29, 1.82) is 0 Å². The van der Waals surface area contributed by atoms with E-state index < -0.39 is 0 Å². The van der Waals surface area contributed by atoms with Crippen LogP contribution in [0.1, 0.15) is 6.42 Å². The van der Waals surface area contributed by atoms with Gasteiger partial charge < -0.3 is 14.7 Å². The minimum absolute atomic E-state index is 0.285. The van der Waals surface area contributed by atoms with E-state index in [-0.39, 0.29) is 6.61 Å². The monoisotopic (exact) mass is 257 g/mol. The molecule has 0 spiro atoms. The lowest BCUT2D eigenvalue weighted by Gasteiger charge is -2.29. The second kappa shape index (κ2) is 8.07. The molecule has 2 saturated heterocycles. The second-order valence-electron chi connectivity index (χ2n) is 5.21. The van der Waals surface area contributed by atoms with Crippen LogP contribution in [-0.4, -0.2) is 98.5 Å². The van der Waals surface area contributed by atoms with Gasteiger partial charge in [0.2, 0.25) is 0 Å². The second-order valence-corrected chi connectivity index (χ2v) is 5.21. The Kier molecular flexibility index (Phi) is 6.37. The van der Waals surface area contributed by atoms with Crippen molar-refractivity contribution in [1.82, 2.24) is 14.7 Å². The van der Waals surface area contributed by atoms with E-state index in [1.165, 1.54) is 26.1 Å². The summed E-state index contributed by atoms with van der Waals surface area (Å²) < 4.78 is 5.37. The molecule has 5 heteroatoms. The Morgan fingerprint density at radius 3 is 1.89 bits per heavy atom. The van der Waals surface area contributed by atoms with Crippen LogP contribution >= 0.6 is 0 Å². The summed E-state index contributed by atoms with van der Waals surface area (Å²) in [6, 6.07) is 0. The van der Waals surface area contributed by atoms with Crippen LogP contribution in [0.3, 0.4) is 0 Å². The lowest BCUT2D eigenvalue weighted by molar-refractivity contribution is 0.0335. The highest BCUT2D eigenvalue weighted by atomic mass is 16.5. The Hall–Kier alpha value is -0.200. The van der Waals surface area contributed by atoms with Gasteiger partial charge in [-0.15, -0.1) is 0 Å². The van der Waals surface area contributed by atoms with Gasteiger partial charge in [-0.2, -0.15) is 0 Å². The molecular formula is C13H27N3O2.